The summed E-state index contributed by atoms with van der Waals surface area (Å²) in [6.07, 6.45) is 5.41. The molecule has 5 heteroatoms. The van der Waals surface area contributed by atoms with Crippen LogP contribution in [-0.2, 0) is 0 Å². The van der Waals surface area contributed by atoms with Crippen LogP contribution in [0.2, 0.25) is 0 Å². The first-order chi connectivity index (χ1) is 8.85. The summed E-state index contributed by atoms with van der Waals surface area (Å²) in [5.74, 6) is 0.536. The summed E-state index contributed by atoms with van der Waals surface area (Å²) in [5, 5.41) is 4.27. The highest BCUT2D eigenvalue weighted by molar-refractivity contribution is 9.10. The highest BCUT2D eigenvalue weighted by Crippen LogP contribution is 2.34. The van der Waals surface area contributed by atoms with E-state index in [1.165, 1.54) is 0 Å². The van der Waals surface area contributed by atoms with Crippen LogP contribution in [-0.4, -0.2) is 21.1 Å². The van der Waals surface area contributed by atoms with Crippen molar-refractivity contribution in [3.8, 4) is 0 Å². The van der Waals surface area contributed by atoms with Crippen LogP contribution >= 0.6 is 15.9 Å². The molecule has 0 radical (unpaired) electrons. The maximum absolute atomic E-state index is 12.9. The number of hydrogen-bond acceptors (Lipinski definition) is 3. The van der Waals surface area contributed by atoms with E-state index >= 15 is 0 Å². The monoisotopic (exact) mass is 327 g/mol. The second-order valence-electron chi connectivity index (χ2n) is 6.07. The van der Waals surface area contributed by atoms with E-state index in [9.17, 15) is 4.79 Å². The van der Waals surface area contributed by atoms with Gasteiger partial charge in [-0.2, -0.15) is 5.10 Å². The van der Waals surface area contributed by atoms with Crippen molar-refractivity contribution in [1.29, 1.82) is 0 Å². The number of nitrogens with two attached hydrogens (primary N) is 1. The molecule has 2 rings (SSSR count). The van der Waals surface area contributed by atoms with Crippen molar-refractivity contribution < 1.29 is 4.79 Å². The van der Waals surface area contributed by atoms with E-state index in [1.807, 2.05) is 13.8 Å². The summed E-state index contributed by atoms with van der Waals surface area (Å²) in [6, 6.07) is 0.148. The summed E-state index contributed by atoms with van der Waals surface area (Å²) in [7, 11) is 0. The van der Waals surface area contributed by atoms with Crippen LogP contribution in [0.3, 0.4) is 0 Å². The molecule has 0 aromatic carbocycles. The number of carbonyl (C=O) groups is 1. The largest absolute Gasteiger partial charge is 0.319 e. The molecule has 19 heavy (non-hydrogen) atoms. The molecule has 1 fully saturated rings. The van der Waals surface area contributed by atoms with Crippen LogP contribution in [0.5, 0.6) is 0 Å². The molecule has 1 aromatic heterocycles. The Kier molecular flexibility index (Phi) is 4.16. The van der Waals surface area contributed by atoms with Gasteiger partial charge < -0.3 is 5.73 Å². The third kappa shape index (κ3) is 2.77. The Morgan fingerprint density at radius 3 is 2.89 bits per heavy atom. The first kappa shape index (κ1) is 14.7. The summed E-state index contributed by atoms with van der Waals surface area (Å²) < 4.78 is 2.51. The van der Waals surface area contributed by atoms with E-state index in [1.54, 1.807) is 10.9 Å². The van der Waals surface area contributed by atoms with Crippen molar-refractivity contribution in [2.75, 3.05) is 0 Å². The van der Waals surface area contributed by atoms with Crippen LogP contribution in [0.15, 0.2) is 10.7 Å². The minimum absolute atomic E-state index is 0.0251. The van der Waals surface area contributed by atoms with E-state index in [4.69, 9.17) is 5.73 Å². The Morgan fingerprint density at radius 1 is 1.63 bits per heavy atom. The maximum Gasteiger partial charge on any atom is 0.201 e. The van der Waals surface area contributed by atoms with Crippen molar-refractivity contribution in [2.45, 2.75) is 58.0 Å². The van der Waals surface area contributed by atoms with Gasteiger partial charge in [0, 0.05) is 6.04 Å². The van der Waals surface area contributed by atoms with Crippen LogP contribution in [0, 0.1) is 5.92 Å². The third-order valence-corrected chi connectivity index (χ3v) is 4.52. The Labute approximate surface area is 122 Å². The molecule has 1 aliphatic rings. The predicted molar refractivity (Wildman–Crippen MR) is 79.2 cm³/mol. The first-order valence-corrected chi connectivity index (χ1v) is 7.71. The Balaban J connectivity index is 2.36. The fourth-order valence-electron chi connectivity index (χ4n) is 2.98. The van der Waals surface area contributed by atoms with Crippen molar-refractivity contribution in [1.82, 2.24) is 9.78 Å². The molecule has 1 heterocycles. The van der Waals surface area contributed by atoms with Gasteiger partial charge in [-0.3, -0.25) is 9.48 Å². The molecule has 1 aliphatic carbocycles. The van der Waals surface area contributed by atoms with Gasteiger partial charge in [0.1, 0.15) is 5.69 Å². The van der Waals surface area contributed by atoms with Crippen LogP contribution < -0.4 is 5.73 Å². The zero-order chi connectivity index (χ0) is 14.2. The van der Waals surface area contributed by atoms with Gasteiger partial charge in [0.2, 0.25) is 5.78 Å². The zero-order valence-corrected chi connectivity index (χ0v) is 13.4. The highest BCUT2D eigenvalue weighted by Gasteiger charge is 2.40. The van der Waals surface area contributed by atoms with Crippen molar-refractivity contribution >= 4 is 21.7 Å². The van der Waals surface area contributed by atoms with E-state index in [2.05, 4.69) is 28.0 Å². The summed E-state index contributed by atoms with van der Waals surface area (Å²) in [5.41, 5.74) is 6.30. The maximum atomic E-state index is 12.9. The predicted octanol–water partition coefficient (Wildman–Crippen LogP) is 3.32. The van der Waals surface area contributed by atoms with Gasteiger partial charge in [0.25, 0.3) is 0 Å². The van der Waals surface area contributed by atoms with Gasteiger partial charge in [0.05, 0.1) is 16.2 Å². The molecule has 2 unspecified atom stereocenters. The molecule has 4 nitrogen and oxygen atoms in total. The number of halogens is 1. The molecule has 1 saturated carbocycles. The van der Waals surface area contributed by atoms with Crippen LogP contribution in [0.25, 0.3) is 0 Å². The van der Waals surface area contributed by atoms with Crippen LogP contribution in [0.1, 0.15) is 63.0 Å². The highest BCUT2D eigenvalue weighted by atomic mass is 79.9. The van der Waals surface area contributed by atoms with E-state index < -0.39 is 5.54 Å². The topological polar surface area (TPSA) is 60.9 Å². The average Bonchev–Trinajstić information content (AvgIpc) is 2.69. The molecular formula is C14H22BrN3O. The van der Waals surface area contributed by atoms with Gasteiger partial charge in [-0.25, -0.2) is 0 Å². The number of carbonyl (C=O) groups excluding carboxylic acids is 1. The van der Waals surface area contributed by atoms with Gasteiger partial charge in [-0.1, -0.05) is 19.8 Å². The molecule has 2 atom stereocenters. The minimum atomic E-state index is -0.729. The second-order valence-corrected chi connectivity index (χ2v) is 6.92. The Bertz CT molecular complexity index is 483. The number of nitrogens with zero attached hydrogens (tertiary/aromatic N) is 2. The van der Waals surface area contributed by atoms with E-state index in [-0.39, 0.29) is 11.8 Å². The molecule has 1 aromatic rings. The summed E-state index contributed by atoms with van der Waals surface area (Å²) in [4.78, 5) is 12.9. The number of Topliss-reactive ketones (excluding diaryl/α,β-unsaturated/α-hetero) is 1. The average molecular weight is 328 g/mol. The van der Waals surface area contributed by atoms with Gasteiger partial charge in [-0.15, -0.1) is 0 Å². The smallest absolute Gasteiger partial charge is 0.201 e. The SMILES string of the molecule is CC1CCCC(N)(C(=O)c2c(Br)cnn2C(C)C)C1. The lowest BCUT2D eigenvalue weighted by molar-refractivity contribution is 0.0805. The van der Waals surface area contributed by atoms with E-state index in [0.717, 1.165) is 30.2 Å². The number of aromatic nitrogens is 2. The van der Waals surface area contributed by atoms with Crippen LogP contribution in [0.4, 0.5) is 0 Å². The number of ketones is 1. The quantitative estimate of drug-likeness (QED) is 0.866. The normalized spacial score (nSPS) is 27.8. The second kappa shape index (κ2) is 5.37. The Morgan fingerprint density at radius 2 is 2.32 bits per heavy atom. The minimum Gasteiger partial charge on any atom is -0.319 e. The molecule has 2 N–H and O–H groups in total. The zero-order valence-electron chi connectivity index (χ0n) is 11.8. The van der Waals surface area contributed by atoms with Gasteiger partial charge in [-0.05, 0) is 48.5 Å². The molecule has 106 valence electrons. The van der Waals surface area contributed by atoms with Crippen molar-refractivity contribution in [2.24, 2.45) is 11.7 Å². The molecule has 0 amide bonds. The third-order valence-electron chi connectivity index (χ3n) is 3.94. The van der Waals surface area contributed by atoms with Gasteiger partial charge >= 0.3 is 0 Å². The first-order valence-electron chi connectivity index (χ1n) is 6.92. The molecular weight excluding hydrogens is 306 g/mol. The molecule has 0 aliphatic heterocycles. The standard InChI is InChI=1S/C14H22BrN3O/c1-9(2)18-12(11(15)8-17-18)13(19)14(16)6-4-5-10(3)7-14/h8-10H,4-7,16H2,1-3H3. The fraction of sp³-hybridized carbons (Fsp3) is 0.714. The molecule has 0 spiro atoms. The Hall–Kier alpha value is -0.680. The lowest BCUT2D eigenvalue weighted by Crippen LogP contribution is -2.51. The van der Waals surface area contributed by atoms with Crippen molar-refractivity contribution in [3.63, 3.8) is 0 Å². The summed E-state index contributed by atoms with van der Waals surface area (Å²) >= 11 is 3.43. The molecule has 0 bridgehead atoms. The number of rotatable bonds is 3. The van der Waals surface area contributed by atoms with Crippen molar-refractivity contribution in [3.05, 3.63) is 16.4 Å². The van der Waals surface area contributed by atoms with Gasteiger partial charge in [0.15, 0.2) is 0 Å². The van der Waals surface area contributed by atoms with E-state index in [0.29, 0.717) is 11.6 Å². The lowest BCUT2D eigenvalue weighted by atomic mass is 9.74. The molecule has 0 saturated heterocycles. The fourth-order valence-corrected chi connectivity index (χ4v) is 3.43. The summed E-state index contributed by atoms with van der Waals surface area (Å²) in [6.45, 7) is 6.20. The number of hydrogen-bond donors (Lipinski definition) is 1. The lowest BCUT2D eigenvalue weighted by Gasteiger charge is -2.35.